The van der Waals surface area contributed by atoms with Gasteiger partial charge in [-0.1, -0.05) is 56.3 Å². The molecule has 0 spiro atoms. The van der Waals surface area contributed by atoms with Crippen molar-refractivity contribution in [1.82, 2.24) is 0 Å². The topological polar surface area (TPSA) is 12.0 Å². The molecular formula is C21H22FN. The smallest absolute Gasteiger partial charge is 0.123 e. The number of fused-ring (bicyclic) bond motifs is 3. The number of allylic oxidation sites excluding steroid dienone is 2. The third-order valence-electron chi connectivity index (χ3n) is 5.28. The van der Waals surface area contributed by atoms with Crippen molar-refractivity contribution < 1.29 is 4.39 Å². The molecule has 0 bridgehead atoms. The molecule has 2 aromatic carbocycles. The first-order valence-corrected chi connectivity index (χ1v) is 8.46. The quantitative estimate of drug-likeness (QED) is 0.694. The largest absolute Gasteiger partial charge is 0.377 e. The summed E-state index contributed by atoms with van der Waals surface area (Å²) in [7, 11) is 0. The summed E-state index contributed by atoms with van der Waals surface area (Å²) in [4.78, 5) is 0. The van der Waals surface area contributed by atoms with Crippen LogP contribution in [0.25, 0.3) is 0 Å². The van der Waals surface area contributed by atoms with Crippen molar-refractivity contribution in [3.8, 4) is 0 Å². The van der Waals surface area contributed by atoms with E-state index >= 15 is 0 Å². The van der Waals surface area contributed by atoms with Crippen molar-refractivity contribution >= 4 is 5.69 Å². The summed E-state index contributed by atoms with van der Waals surface area (Å²) in [5.41, 5.74) is 5.24. The van der Waals surface area contributed by atoms with Gasteiger partial charge in [-0.05, 0) is 47.1 Å². The van der Waals surface area contributed by atoms with Crippen LogP contribution in [-0.4, -0.2) is 0 Å². The van der Waals surface area contributed by atoms with Crippen molar-refractivity contribution in [2.24, 2.45) is 5.92 Å². The molecule has 1 aliphatic carbocycles. The van der Waals surface area contributed by atoms with Gasteiger partial charge in [-0.3, -0.25) is 0 Å². The van der Waals surface area contributed by atoms with Crippen molar-refractivity contribution in [1.29, 1.82) is 0 Å². The van der Waals surface area contributed by atoms with Gasteiger partial charge >= 0.3 is 0 Å². The second-order valence-corrected chi connectivity index (χ2v) is 6.99. The number of benzene rings is 2. The SMILES string of the molecule is CC(C)c1cccc2c1N[C@H](c1ccc(F)cc1)[C@@H]1CC=C[C@H]21. The molecule has 0 radical (unpaired) electrons. The Morgan fingerprint density at radius 1 is 1.09 bits per heavy atom. The maximum atomic E-state index is 13.3. The molecule has 2 heteroatoms. The van der Waals surface area contributed by atoms with E-state index < -0.39 is 0 Å². The molecule has 1 N–H and O–H groups in total. The molecule has 2 aliphatic rings. The van der Waals surface area contributed by atoms with Gasteiger partial charge in [0, 0.05) is 11.6 Å². The van der Waals surface area contributed by atoms with Gasteiger partial charge in [0.25, 0.3) is 0 Å². The Bertz CT molecular complexity index is 745. The maximum Gasteiger partial charge on any atom is 0.123 e. The van der Waals surface area contributed by atoms with Gasteiger partial charge in [0.05, 0.1) is 6.04 Å². The van der Waals surface area contributed by atoms with Crippen molar-refractivity contribution in [3.63, 3.8) is 0 Å². The molecule has 0 fully saturated rings. The van der Waals surface area contributed by atoms with E-state index in [1.807, 2.05) is 12.1 Å². The highest BCUT2D eigenvalue weighted by Gasteiger charge is 2.38. The van der Waals surface area contributed by atoms with Crippen molar-refractivity contribution in [2.45, 2.75) is 38.1 Å². The molecular weight excluding hydrogens is 285 g/mol. The molecule has 2 aromatic rings. The normalized spacial score (nSPS) is 25.1. The molecule has 0 saturated carbocycles. The van der Waals surface area contributed by atoms with Gasteiger partial charge < -0.3 is 5.32 Å². The van der Waals surface area contributed by atoms with Gasteiger partial charge in [-0.2, -0.15) is 0 Å². The number of anilines is 1. The highest BCUT2D eigenvalue weighted by Crippen LogP contribution is 2.51. The van der Waals surface area contributed by atoms with Gasteiger partial charge in [-0.15, -0.1) is 0 Å². The average molecular weight is 307 g/mol. The summed E-state index contributed by atoms with van der Waals surface area (Å²) in [6, 6.07) is 13.9. The number of nitrogens with one attached hydrogen (secondary N) is 1. The van der Waals surface area contributed by atoms with Crippen molar-refractivity contribution in [2.75, 3.05) is 5.32 Å². The van der Waals surface area contributed by atoms with Crippen LogP contribution in [0.3, 0.4) is 0 Å². The number of halogens is 1. The van der Waals surface area contributed by atoms with Crippen LogP contribution in [0.15, 0.2) is 54.6 Å². The zero-order chi connectivity index (χ0) is 16.0. The Morgan fingerprint density at radius 2 is 1.87 bits per heavy atom. The first-order valence-electron chi connectivity index (χ1n) is 8.46. The lowest BCUT2D eigenvalue weighted by Crippen LogP contribution is -2.29. The predicted octanol–water partition coefficient (Wildman–Crippen LogP) is 5.78. The summed E-state index contributed by atoms with van der Waals surface area (Å²) in [6.07, 6.45) is 5.72. The van der Waals surface area contributed by atoms with Crippen LogP contribution >= 0.6 is 0 Å². The van der Waals surface area contributed by atoms with Crippen LogP contribution in [0.4, 0.5) is 10.1 Å². The van der Waals surface area contributed by atoms with E-state index in [4.69, 9.17) is 0 Å². The zero-order valence-corrected chi connectivity index (χ0v) is 13.6. The zero-order valence-electron chi connectivity index (χ0n) is 13.6. The van der Waals surface area contributed by atoms with E-state index in [0.29, 0.717) is 17.8 Å². The van der Waals surface area contributed by atoms with E-state index in [-0.39, 0.29) is 11.9 Å². The fraction of sp³-hybridized carbons (Fsp3) is 0.333. The van der Waals surface area contributed by atoms with Gasteiger partial charge in [0.2, 0.25) is 0 Å². The van der Waals surface area contributed by atoms with E-state index in [9.17, 15) is 4.39 Å². The molecule has 23 heavy (non-hydrogen) atoms. The first kappa shape index (κ1) is 14.5. The van der Waals surface area contributed by atoms with E-state index in [1.165, 1.54) is 22.4 Å². The summed E-state index contributed by atoms with van der Waals surface area (Å²) in [6.45, 7) is 4.47. The number of rotatable bonds is 2. The summed E-state index contributed by atoms with van der Waals surface area (Å²) >= 11 is 0. The third-order valence-corrected chi connectivity index (χ3v) is 5.28. The average Bonchev–Trinajstić information content (AvgIpc) is 3.04. The van der Waals surface area contributed by atoms with Gasteiger partial charge in [0.1, 0.15) is 5.82 Å². The lowest BCUT2D eigenvalue weighted by atomic mass is 9.75. The number of hydrogen-bond donors (Lipinski definition) is 1. The molecule has 0 aromatic heterocycles. The Labute approximate surface area is 137 Å². The van der Waals surface area contributed by atoms with Crippen LogP contribution in [0.1, 0.15) is 54.8 Å². The minimum Gasteiger partial charge on any atom is -0.377 e. The Kier molecular flexibility index (Phi) is 3.48. The van der Waals surface area contributed by atoms with Gasteiger partial charge in [-0.25, -0.2) is 4.39 Å². The van der Waals surface area contributed by atoms with E-state index in [2.05, 4.69) is 49.5 Å². The molecule has 0 amide bonds. The number of para-hydroxylation sites is 1. The lowest BCUT2D eigenvalue weighted by molar-refractivity contribution is 0.424. The molecule has 0 unspecified atom stereocenters. The Hall–Kier alpha value is -2.09. The predicted molar refractivity (Wildman–Crippen MR) is 93.3 cm³/mol. The first-order chi connectivity index (χ1) is 11.1. The minimum atomic E-state index is -0.172. The molecule has 118 valence electrons. The summed E-state index contributed by atoms with van der Waals surface area (Å²) < 4.78 is 13.3. The van der Waals surface area contributed by atoms with Crippen LogP contribution in [-0.2, 0) is 0 Å². The molecule has 1 heterocycles. The molecule has 1 aliphatic heterocycles. The van der Waals surface area contributed by atoms with Crippen LogP contribution in [0, 0.1) is 11.7 Å². The third kappa shape index (κ3) is 2.37. The van der Waals surface area contributed by atoms with Gasteiger partial charge in [0.15, 0.2) is 0 Å². The fourth-order valence-electron chi connectivity index (χ4n) is 4.13. The Balaban J connectivity index is 1.82. The summed E-state index contributed by atoms with van der Waals surface area (Å²) in [5.74, 6) is 1.28. The minimum absolute atomic E-state index is 0.172. The van der Waals surface area contributed by atoms with Crippen LogP contribution in [0.5, 0.6) is 0 Å². The van der Waals surface area contributed by atoms with E-state index in [0.717, 1.165) is 6.42 Å². The molecule has 3 atom stereocenters. The monoisotopic (exact) mass is 307 g/mol. The molecule has 1 nitrogen and oxygen atoms in total. The fourth-order valence-corrected chi connectivity index (χ4v) is 4.13. The lowest BCUT2D eigenvalue weighted by Gasteiger charge is -2.39. The Morgan fingerprint density at radius 3 is 2.61 bits per heavy atom. The maximum absolute atomic E-state index is 13.3. The highest BCUT2D eigenvalue weighted by molar-refractivity contribution is 5.65. The second kappa shape index (κ2) is 5.52. The molecule has 4 rings (SSSR count). The van der Waals surface area contributed by atoms with Crippen molar-refractivity contribution in [3.05, 3.63) is 77.1 Å². The highest BCUT2D eigenvalue weighted by atomic mass is 19.1. The number of hydrogen-bond acceptors (Lipinski definition) is 1. The van der Waals surface area contributed by atoms with Crippen LogP contribution in [0.2, 0.25) is 0 Å². The standard InChI is InChI=1S/C21H22FN/c1-13(2)16-5-3-8-19-17-6-4-7-18(17)20(23-21(16)19)14-9-11-15(22)12-10-14/h3-6,8-13,17-18,20,23H,7H2,1-2H3/t17-,18+,20+/m0/s1. The summed E-state index contributed by atoms with van der Waals surface area (Å²) in [5, 5.41) is 3.79. The van der Waals surface area contributed by atoms with Crippen LogP contribution < -0.4 is 5.32 Å². The second-order valence-electron chi connectivity index (χ2n) is 6.99. The van der Waals surface area contributed by atoms with E-state index in [1.54, 1.807) is 12.1 Å². The molecule has 0 saturated heterocycles.